The van der Waals surface area contributed by atoms with Gasteiger partial charge in [-0.1, -0.05) is 35.9 Å². The number of amides is 1. The lowest BCUT2D eigenvalue weighted by Gasteiger charge is -2.18. The van der Waals surface area contributed by atoms with Crippen LogP contribution in [0.1, 0.15) is 34.2 Å². The van der Waals surface area contributed by atoms with Crippen LogP contribution >= 0.6 is 0 Å². The molecule has 0 spiro atoms. The average Bonchev–Trinajstić information content (AvgIpc) is 2.57. The van der Waals surface area contributed by atoms with Crippen molar-refractivity contribution in [1.82, 2.24) is 5.32 Å². The van der Waals surface area contributed by atoms with Crippen molar-refractivity contribution in [1.29, 1.82) is 5.26 Å². The molecule has 2 aromatic rings. The Morgan fingerprint density at radius 1 is 1.15 bits per heavy atom. The van der Waals surface area contributed by atoms with E-state index in [-0.39, 0.29) is 18.7 Å². The number of rotatable bonds is 7. The predicted molar refractivity (Wildman–Crippen MR) is 98.7 cm³/mol. The third-order valence-electron chi connectivity index (χ3n) is 4.20. The van der Waals surface area contributed by atoms with Gasteiger partial charge in [-0.2, -0.15) is 5.26 Å². The smallest absolute Gasteiger partial charge is 0.305 e. The topological polar surface area (TPSA) is 90.2 Å². The van der Waals surface area contributed by atoms with Crippen LogP contribution in [0.3, 0.4) is 0 Å². The molecule has 0 aliphatic carbocycles. The molecule has 26 heavy (non-hydrogen) atoms. The maximum atomic E-state index is 12.4. The highest BCUT2D eigenvalue weighted by molar-refractivity contribution is 5.80. The number of hydrogen-bond acceptors (Lipinski definition) is 3. The number of nitriles is 1. The molecule has 0 heterocycles. The standard InChI is InChI=1S/C21H22N2O3/c1-14-3-8-18(15(2)9-14)11-20(24)23-19(12-21(25)26)10-16-4-6-17(13-22)7-5-16/h3-9,19H,10-12H2,1-2H3,(H,23,24)(H,25,26)/t19-/m1/s1. The normalized spacial score (nSPS) is 11.4. The van der Waals surface area contributed by atoms with Crippen LogP contribution in [-0.4, -0.2) is 23.0 Å². The lowest BCUT2D eigenvalue weighted by molar-refractivity contribution is -0.137. The van der Waals surface area contributed by atoms with Crippen molar-refractivity contribution >= 4 is 11.9 Å². The van der Waals surface area contributed by atoms with E-state index >= 15 is 0 Å². The second kappa shape index (κ2) is 8.82. The number of benzene rings is 2. The number of carbonyl (C=O) groups excluding carboxylic acids is 1. The fourth-order valence-corrected chi connectivity index (χ4v) is 2.88. The van der Waals surface area contributed by atoms with Gasteiger partial charge in [-0.3, -0.25) is 9.59 Å². The molecule has 2 N–H and O–H groups in total. The van der Waals surface area contributed by atoms with Gasteiger partial charge in [0.15, 0.2) is 0 Å². The Bertz CT molecular complexity index is 835. The Morgan fingerprint density at radius 2 is 1.85 bits per heavy atom. The number of carboxylic acids is 1. The minimum absolute atomic E-state index is 0.154. The van der Waals surface area contributed by atoms with Crippen LogP contribution in [0.4, 0.5) is 0 Å². The number of carboxylic acid groups (broad SMARTS) is 1. The Labute approximate surface area is 153 Å². The van der Waals surface area contributed by atoms with Crippen molar-refractivity contribution in [3.63, 3.8) is 0 Å². The number of nitrogens with zero attached hydrogens (tertiary/aromatic N) is 1. The SMILES string of the molecule is Cc1ccc(CC(=O)N[C@@H](CC(=O)O)Cc2ccc(C#N)cc2)c(C)c1. The Morgan fingerprint density at radius 3 is 2.42 bits per heavy atom. The quantitative estimate of drug-likeness (QED) is 0.803. The minimum atomic E-state index is -0.963. The maximum Gasteiger partial charge on any atom is 0.305 e. The van der Waals surface area contributed by atoms with E-state index in [0.717, 1.165) is 22.3 Å². The summed E-state index contributed by atoms with van der Waals surface area (Å²) in [7, 11) is 0. The highest BCUT2D eigenvalue weighted by Gasteiger charge is 2.17. The molecule has 0 aromatic heterocycles. The van der Waals surface area contributed by atoms with E-state index < -0.39 is 12.0 Å². The number of aryl methyl sites for hydroxylation is 2. The summed E-state index contributed by atoms with van der Waals surface area (Å²) in [6, 6.07) is 14.4. The number of nitrogens with one attached hydrogen (secondary N) is 1. The number of hydrogen-bond donors (Lipinski definition) is 2. The van der Waals surface area contributed by atoms with E-state index in [0.29, 0.717) is 12.0 Å². The van der Waals surface area contributed by atoms with E-state index in [2.05, 4.69) is 5.32 Å². The molecule has 0 saturated heterocycles. The number of carbonyl (C=O) groups is 2. The fourth-order valence-electron chi connectivity index (χ4n) is 2.88. The molecular weight excluding hydrogens is 328 g/mol. The van der Waals surface area contributed by atoms with Gasteiger partial charge < -0.3 is 10.4 Å². The molecule has 5 heteroatoms. The van der Waals surface area contributed by atoms with Crippen molar-refractivity contribution in [3.8, 4) is 6.07 Å². The monoisotopic (exact) mass is 350 g/mol. The van der Waals surface area contributed by atoms with Crippen LogP contribution in [0.25, 0.3) is 0 Å². The summed E-state index contributed by atoms with van der Waals surface area (Å²) in [4.78, 5) is 23.5. The van der Waals surface area contributed by atoms with Gasteiger partial charge in [-0.05, 0) is 49.1 Å². The lowest BCUT2D eigenvalue weighted by atomic mass is 10.0. The predicted octanol–water partition coefficient (Wildman–Crippen LogP) is 2.92. The van der Waals surface area contributed by atoms with Crippen LogP contribution in [0.5, 0.6) is 0 Å². The van der Waals surface area contributed by atoms with Crippen LogP contribution in [-0.2, 0) is 22.4 Å². The molecule has 134 valence electrons. The summed E-state index contributed by atoms with van der Waals surface area (Å²) in [6.07, 6.45) is 0.463. The summed E-state index contributed by atoms with van der Waals surface area (Å²) in [5.41, 5.74) is 4.53. The molecule has 2 rings (SSSR count). The lowest BCUT2D eigenvalue weighted by Crippen LogP contribution is -2.39. The van der Waals surface area contributed by atoms with Gasteiger partial charge in [0.1, 0.15) is 0 Å². The molecule has 1 atom stereocenters. The van der Waals surface area contributed by atoms with Gasteiger partial charge in [0, 0.05) is 6.04 Å². The highest BCUT2D eigenvalue weighted by atomic mass is 16.4. The van der Waals surface area contributed by atoms with Gasteiger partial charge in [0.05, 0.1) is 24.5 Å². The molecule has 0 saturated carbocycles. The molecule has 0 unspecified atom stereocenters. The van der Waals surface area contributed by atoms with Gasteiger partial charge >= 0.3 is 5.97 Å². The molecule has 1 amide bonds. The first-order valence-electron chi connectivity index (χ1n) is 8.43. The van der Waals surface area contributed by atoms with E-state index in [9.17, 15) is 9.59 Å². The van der Waals surface area contributed by atoms with Gasteiger partial charge in [0.25, 0.3) is 0 Å². The molecule has 0 bridgehead atoms. The molecule has 2 aromatic carbocycles. The van der Waals surface area contributed by atoms with Gasteiger partial charge in [-0.15, -0.1) is 0 Å². The minimum Gasteiger partial charge on any atom is -0.481 e. The van der Waals surface area contributed by atoms with Crippen molar-refractivity contribution < 1.29 is 14.7 Å². The highest BCUT2D eigenvalue weighted by Crippen LogP contribution is 2.12. The summed E-state index contributed by atoms with van der Waals surface area (Å²) in [6.45, 7) is 3.96. The molecule has 0 fully saturated rings. The van der Waals surface area contributed by atoms with Crippen molar-refractivity contribution in [2.75, 3.05) is 0 Å². The first-order valence-corrected chi connectivity index (χ1v) is 8.43. The molecular formula is C21H22N2O3. The summed E-state index contributed by atoms with van der Waals surface area (Å²) < 4.78 is 0. The van der Waals surface area contributed by atoms with Crippen LogP contribution in [0.15, 0.2) is 42.5 Å². The third kappa shape index (κ3) is 5.75. The summed E-state index contributed by atoms with van der Waals surface area (Å²) in [5, 5.41) is 20.8. The Balaban J connectivity index is 2.04. The first kappa shape index (κ1) is 19.2. The molecule has 5 nitrogen and oxygen atoms in total. The van der Waals surface area contributed by atoms with E-state index in [4.69, 9.17) is 10.4 Å². The van der Waals surface area contributed by atoms with Gasteiger partial charge in [0.2, 0.25) is 5.91 Å². The van der Waals surface area contributed by atoms with Crippen LogP contribution in [0, 0.1) is 25.2 Å². The first-order chi connectivity index (χ1) is 12.4. The zero-order valence-corrected chi connectivity index (χ0v) is 15.0. The third-order valence-corrected chi connectivity index (χ3v) is 4.20. The fraction of sp³-hybridized carbons (Fsp3) is 0.286. The van der Waals surface area contributed by atoms with Gasteiger partial charge in [-0.25, -0.2) is 0 Å². The van der Waals surface area contributed by atoms with E-state index in [1.165, 1.54) is 0 Å². The van der Waals surface area contributed by atoms with E-state index in [1.807, 2.05) is 38.1 Å². The molecule has 0 aliphatic heterocycles. The van der Waals surface area contributed by atoms with Crippen molar-refractivity contribution in [2.45, 2.75) is 39.2 Å². The second-order valence-corrected chi connectivity index (χ2v) is 6.48. The van der Waals surface area contributed by atoms with E-state index in [1.54, 1.807) is 24.3 Å². The average molecular weight is 350 g/mol. The summed E-state index contributed by atoms with van der Waals surface area (Å²) >= 11 is 0. The molecule has 0 aliphatic rings. The zero-order valence-electron chi connectivity index (χ0n) is 15.0. The number of aliphatic carboxylic acids is 1. The van der Waals surface area contributed by atoms with Crippen molar-refractivity contribution in [3.05, 3.63) is 70.3 Å². The van der Waals surface area contributed by atoms with Crippen molar-refractivity contribution in [2.24, 2.45) is 0 Å². The maximum absolute atomic E-state index is 12.4. The zero-order chi connectivity index (χ0) is 19.1. The Kier molecular flexibility index (Phi) is 6.51. The summed E-state index contributed by atoms with van der Waals surface area (Å²) in [5.74, 6) is -1.16. The molecule has 0 radical (unpaired) electrons. The van der Waals surface area contributed by atoms with Crippen LogP contribution in [0.2, 0.25) is 0 Å². The van der Waals surface area contributed by atoms with Crippen LogP contribution < -0.4 is 5.32 Å². The largest absolute Gasteiger partial charge is 0.481 e. The second-order valence-electron chi connectivity index (χ2n) is 6.48. The Hall–Kier alpha value is -3.13.